The molecule has 18 heavy (non-hydrogen) atoms. The van der Waals surface area contributed by atoms with Crippen LogP contribution >= 0.6 is 22.6 Å². The number of esters is 1. The van der Waals surface area contributed by atoms with Crippen LogP contribution in [0.2, 0.25) is 0 Å². The minimum absolute atomic E-state index is 0.0155. The minimum atomic E-state index is -3.14. The standard InChI is InChI=1S/C9H7F2IN2O4/c1-2-18-9(15)5-4(12)3-13-6(8(10)11)7(5)14(16)17/h3,8H,2H2,1H3. The molecule has 0 radical (unpaired) electrons. The molecule has 0 aliphatic heterocycles. The number of nitro groups is 1. The van der Waals surface area contributed by atoms with Gasteiger partial charge in [-0.15, -0.1) is 0 Å². The number of pyridine rings is 1. The van der Waals surface area contributed by atoms with Crippen molar-refractivity contribution in [2.75, 3.05) is 6.61 Å². The Balaban J connectivity index is 3.51. The summed E-state index contributed by atoms with van der Waals surface area (Å²) >= 11 is 1.60. The third-order valence-electron chi connectivity index (χ3n) is 1.90. The Morgan fingerprint density at radius 2 is 2.28 bits per heavy atom. The third-order valence-corrected chi connectivity index (χ3v) is 2.72. The van der Waals surface area contributed by atoms with E-state index in [1.807, 2.05) is 0 Å². The van der Waals surface area contributed by atoms with E-state index in [0.717, 1.165) is 6.20 Å². The summed E-state index contributed by atoms with van der Waals surface area (Å²) in [6, 6.07) is 0. The zero-order valence-electron chi connectivity index (χ0n) is 9.02. The first-order valence-corrected chi connectivity index (χ1v) is 5.76. The van der Waals surface area contributed by atoms with Gasteiger partial charge in [-0.3, -0.25) is 10.1 Å². The number of alkyl halides is 2. The second-order valence-corrected chi connectivity index (χ2v) is 4.16. The first-order valence-electron chi connectivity index (χ1n) is 4.68. The van der Waals surface area contributed by atoms with Crippen molar-refractivity contribution in [3.63, 3.8) is 0 Å². The number of carbonyl (C=O) groups excluding carboxylic acids is 1. The average Bonchev–Trinajstić information content (AvgIpc) is 2.27. The molecule has 0 saturated heterocycles. The van der Waals surface area contributed by atoms with Gasteiger partial charge in [0.1, 0.15) is 0 Å². The Kier molecular flexibility index (Phi) is 4.87. The van der Waals surface area contributed by atoms with Crippen LogP contribution in [0.5, 0.6) is 0 Å². The van der Waals surface area contributed by atoms with Crippen LogP contribution in [0.4, 0.5) is 14.5 Å². The summed E-state index contributed by atoms with van der Waals surface area (Å²) < 4.78 is 30.0. The smallest absolute Gasteiger partial charge is 0.346 e. The Bertz CT molecular complexity index is 496. The van der Waals surface area contributed by atoms with Crippen LogP contribution in [0.3, 0.4) is 0 Å². The predicted octanol–water partition coefficient (Wildman–Crippen LogP) is 2.71. The van der Waals surface area contributed by atoms with E-state index in [1.165, 1.54) is 6.92 Å². The first kappa shape index (κ1) is 14.7. The van der Waals surface area contributed by atoms with Crippen LogP contribution < -0.4 is 0 Å². The van der Waals surface area contributed by atoms with Gasteiger partial charge in [0.2, 0.25) is 0 Å². The van der Waals surface area contributed by atoms with Crippen molar-refractivity contribution in [2.24, 2.45) is 0 Å². The molecule has 1 aromatic rings. The molecule has 0 amide bonds. The number of hydrogen-bond donors (Lipinski definition) is 0. The normalized spacial score (nSPS) is 10.5. The Hall–Kier alpha value is -1.39. The molecule has 0 aromatic carbocycles. The average molecular weight is 372 g/mol. The third kappa shape index (κ3) is 2.89. The SMILES string of the molecule is CCOC(=O)c1c(I)cnc(C(F)F)c1[N+](=O)[O-]. The molecule has 98 valence electrons. The molecule has 1 rings (SSSR count). The summed E-state index contributed by atoms with van der Waals surface area (Å²) in [4.78, 5) is 24.6. The van der Waals surface area contributed by atoms with Gasteiger partial charge in [-0.1, -0.05) is 0 Å². The van der Waals surface area contributed by atoms with E-state index >= 15 is 0 Å². The van der Waals surface area contributed by atoms with Crippen molar-refractivity contribution < 1.29 is 23.2 Å². The van der Waals surface area contributed by atoms with Crippen LogP contribution in [-0.2, 0) is 4.74 Å². The lowest BCUT2D eigenvalue weighted by Gasteiger charge is -2.08. The summed E-state index contributed by atoms with van der Waals surface area (Å²) in [5.74, 6) is -1.02. The van der Waals surface area contributed by atoms with Gasteiger partial charge in [0.05, 0.1) is 15.1 Å². The molecule has 6 nitrogen and oxygen atoms in total. The van der Waals surface area contributed by atoms with Crippen molar-refractivity contribution in [3.8, 4) is 0 Å². The monoisotopic (exact) mass is 372 g/mol. The highest BCUT2D eigenvalue weighted by atomic mass is 127. The lowest BCUT2D eigenvalue weighted by atomic mass is 10.2. The Morgan fingerprint density at radius 1 is 1.67 bits per heavy atom. The maximum Gasteiger partial charge on any atom is 0.346 e. The fourth-order valence-corrected chi connectivity index (χ4v) is 1.85. The predicted molar refractivity (Wildman–Crippen MR) is 64.5 cm³/mol. The zero-order valence-corrected chi connectivity index (χ0v) is 11.2. The maximum absolute atomic E-state index is 12.6. The topological polar surface area (TPSA) is 82.3 Å². The van der Waals surface area contributed by atoms with Crippen LogP contribution in [0.1, 0.15) is 29.4 Å². The quantitative estimate of drug-likeness (QED) is 0.351. The lowest BCUT2D eigenvalue weighted by molar-refractivity contribution is -0.387. The molecule has 0 bridgehead atoms. The van der Waals surface area contributed by atoms with Gasteiger partial charge in [0.15, 0.2) is 11.3 Å². The fourth-order valence-electron chi connectivity index (χ4n) is 1.24. The van der Waals surface area contributed by atoms with E-state index < -0.39 is 34.3 Å². The zero-order chi connectivity index (χ0) is 13.9. The number of nitrogens with zero attached hydrogens (tertiary/aromatic N) is 2. The summed E-state index contributed by atoms with van der Waals surface area (Å²) in [7, 11) is 0. The molecule has 0 unspecified atom stereocenters. The lowest BCUT2D eigenvalue weighted by Crippen LogP contribution is -2.13. The Morgan fingerprint density at radius 3 is 2.72 bits per heavy atom. The van der Waals surface area contributed by atoms with Crippen LogP contribution in [0.25, 0.3) is 0 Å². The van der Waals surface area contributed by atoms with Crippen molar-refractivity contribution in [3.05, 3.63) is 31.1 Å². The highest BCUT2D eigenvalue weighted by Gasteiger charge is 2.33. The summed E-state index contributed by atoms with van der Waals surface area (Å²) in [5, 5.41) is 10.8. The number of ether oxygens (including phenoxy) is 1. The summed E-state index contributed by atoms with van der Waals surface area (Å²) in [6.07, 6.45) is -2.17. The van der Waals surface area contributed by atoms with Crippen molar-refractivity contribution in [1.82, 2.24) is 4.98 Å². The summed E-state index contributed by atoms with van der Waals surface area (Å²) in [6.45, 7) is 1.49. The number of halogens is 3. The number of rotatable bonds is 4. The minimum Gasteiger partial charge on any atom is -0.462 e. The van der Waals surface area contributed by atoms with Crippen LogP contribution in [0.15, 0.2) is 6.20 Å². The molecule has 9 heteroatoms. The second-order valence-electron chi connectivity index (χ2n) is 2.99. The molecule has 0 N–H and O–H groups in total. The molecule has 0 aliphatic rings. The van der Waals surface area contributed by atoms with Crippen molar-refractivity contribution >= 4 is 34.2 Å². The molecule has 0 atom stereocenters. The van der Waals surface area contributed by atoms with Crippen LogP contribution in [-0.4, -0.2) is 22.5 Å². The molecular weight excluding hydrogens is 365 g/mol. The first-order chi connectivity index (χ1) is 8.40. The van der Waals surface area contributed by atoms with Crippen LogP contribution in [0, 0.1) is 13.7 Å². The van der Waals surface area contributed by atoms with Gasteiger partial charge < -0.3 is 4.74 Å². The van der Waals surface area contributed by atoms with E-state index in [0.29, 0.717) is 0 Å². The highest BCUT2D eigenvalue weighted by Crippen LogP contribution is 2.32. The molecule has 0 fully saturated rings. The fraction of sp³-hybridized carbons (Fsp3) is 0.333. The van der Waals surface area contributed by atoms with Gasteiger partial charge in [0.25, 0.3) is 6.43 Å². The van der Waals surface area contributed by atoms with Gasteiger partial charge >= 0.3 is 11.7 Å². The second kappa shape index (κ2) is 5.98. The van der Waals surface area contributed by atoms with E-state index in [1.54, 1.807) is 22.6 Å². The number of hydrogen-bond acceptors (Lipinski definition) is 5. The molecule has 1 aromatic heterocycles. The van der Waals surface area contributed by atoms with Gasteiger partial charge in [-0.25, -0.2) is 18.6 Å². The Labute approximate surface area is 114 Å². The van der Waals surface area contributed by atoms with Gasteiger partial charge in [-0.2, -0.15) is 0 Å². The van der Waals surface area contributed by atoms with E-state index in [2.05, 4.69) is 9.72 Å². The van der Waals surface area contributed by atoms with Crippen molar-refractivity contribution in [1.29, 1.82) is 0 Å². The van der Waals surface area contributed by atoms with E-state index in [-0.39, 0.29) is 10.2 Å². The number of carbonyl (C=O) groups is 1. The van der Waals surface area contributed by atoms with Gasteiger partial charge in [-0.05, 0) is 29.5 Å². The molecular formula is C9H7F2IN2O4. The summed E-state index contributed by atoms with van der Waals surface area (Å²) in [5.41, 5.74) is -2.54. The highest BCUT2D eigenvalue weighted by molar-refractivity contribution is 14.1. The maximum atomic E-state index is 12.6. The largest absolute Gasteiger partial charge is 0.462 e. The molecule has 1 heterocycles. The molecule has 0 saturated carbocycles. The van der Waals surface area contributed by atoms with E-state index in [4.69, 9.17) is 0 Å². The number of aromatic nitrogens is 1. The molecule has 0 spiro atoms. The van der Waals surface area contributed by atoms with Crippen molar-refractivity contribution in [2.45, 2.75) is 13.3 Å². The molecule has 0 aliphatic carbocycles. The van der Waals surface area contributed by atoms with E-state index in [9.17, 15) is 23.7 Å². The van der Waals surface area contributed by atoms with Gasteiger partial charge in [0, 0.05) is 6.20 Å².